The van der Waals surface area contributed by atoms with Crippen LogP contribution in [0.3, 0.4) is 0 Å². The van der Waals surface area contributed by atoms with Crippen molar-refractivity contribution in [2.45, 2.75) is 12.8 Å². The van der Waals surface area contributed by atoms with Crippen molar-refractivity contribution >= 4 is 21.6 Å². The zero-order valence-corrected chi connectivity index (χ0v) is 8.94. The van der Waals surface area contributed by atoms with Gasteiger partial charge in [0.25, 0.3) is 0 Å². The molecule has 1 aliphatic heterocycles. The maximum Gasteiger partial charge on any atom is 0.159 e. The topological polar surface area (TPSA) is 12.4 Å². The average molecular weight is 260 g/mol. The monoisotopic (exact) mass is 259 g/mol. The normalized spacial score (nSPS) is 15.8. The molecule has 74 valence electrons. The Kier molecular flexibility index (Phi) is 2.63. The lowest BCUT2D eigenvalue weighted by atomic mass is 10.1. The fraction of sp³-hybridized carbons (Fsp3) is 0.300. The van der Waals surface area contributed by atoms with Gasteiger partial charge < -0.3 is 0 Å². The third-order valence-corrected chi connectivity index (χ3v) is 2.85. The first-order chi connectivity index (χ1) is 6.68. The van der Waals surface area contributed by atoms with Gasteiger partial charge in [-0.25, -0.2) is 8.78 Å². The van der Waals surface area contributed by atoms with Crippen LogP contribution >= 0.6 is 15.9 Å². The minimum atomic E-state index is -0.834. The van der Waals surface area contributed by atoms with Crippen molar-refractivity contribution in [3.05, 3.63) is 33.8 Å². The van der Waals surface area contributed by atoms with Gasteiger partial charge in [-0.2, -0.15) is 0 Å². The molecule has 1 aromatic rings. The Hall–Kier alpha value is -0.770. The Balaban J connectivity index is 2.47. The Morgan fingerprint density at radius 2 is 1.93 bits per heavy atom. The quantitative estimate of drug-likeness (QED) is 0.687. The lowest BCUT2D eigenvalue weighted by Gasteiger charge is -2.04. The second-order valence-electron chi connectivity index (χ2n) is 3.18. The Bertz CT molecular complexity index is 401. The number of aliphatic imine (C=N–C) groups is 1. The molecule has 1 heterocycles. The molecule has 0 aromatic heterocycles. The molecule has 0 aliphatic carbocycles. The average Bonchev–Trinajstić information content (AvgIpc) is 2.64. The highest BCUT2D eigenvalue weighted by molar-refractivity contribution is 9.10. The van der Waals surface area contributed by atoms with Crippen molar-refractivity contribution < 1.29 is 8.78 Å². The van der Waals surface area contributed by atoms with Crippen LogP contribution in [0.15, 0.2) is 21.6 Å². The van der Waals surface area contributed by atoms with E-state index in [0.717, 1.165) is 31.2 Å². The summed E-state index contributed by atoms with van der Waals surface area (Å²) in [6.45, 7) is 0.779. The van der Waals surface area contributed by atoms with Gasteiger partial charge in [0.2, 0.25) is 0 Å². The van der Waals surface area contributed by atoms with E-state index in [0.29, 0.717) is 10.0 Å². The van der Waals surface area contributed by atoms with E-state index in [1.807, 2.05) is 0 Å². The van der Waals surface area contributed by atoms with Crippen molar-refractivity contribution in [1.29, 1.82) is 0 Å². The first-order valence-corrected chi connectivity index (χ1v) is 5.16. The van der Waals surface area contributed by atoms with Crippen LogP contribution in [0.5, 0.6) is 0 Å². The lowest BCUT2D eigenvalue weighted by molar-refractivity contribution is 0.507. The van der Waals surface area contributed by atoms with Gasteiger partial charge in [-0.3, -0.25) is 4.99 Å². The molecule has 0 radical (unpaired) electrons. The molecule has 1 aromatic carbocycles. The highest BCUT2D eigenvalue weighted by atomic mass is 79.9. The van der Waals surface area contributed by atoms with E-state index in [9.17, 15) is 8.78 Å². The van der Waals surface area contributed by atoms with E-state index < -0.39 is 11.6 Å². The molecule has 0 amide bonds. The molecule has 14 heavy (non-hydrogen) atoms. The fourth-order valence-electron chi connectivity index (χ4n) is 1.50. The number of nitrogens with zero attached hydrogens (tertiary/aromatic N) is 1. The largest absolute Gasteiger partial charge is 0.289 e. The first-order valence-electron chi connectivity index (χ1n) is 4.37. The summed E-state index contributed by atoms with van der Waals surface area (Å²) in [7, 11) is 0. The Morgan fingerprint density at radius 3 is 2.57 bits per heavy atom. The number of hydrogen-bond acceptors (Lipinski definition) is 1. The summed E-state index contributed by atoms with van der Waals surface area (Å²) in [6, 6.07) is 2.34. The van der Waals surface area contributed by atoms with Crippen LogP contribution in [0.4, 0.5) is 8.78 Å². The van der Waals surface area contributed by atoms with Crippen LogP contribution in [0, 0.1) is 11.6 Å². The third-order valence-electron chi connectivity index (χ3n) is 2.20. The third kappa shape index (κ3) is 1.71. The van der Waals surface area contributed by atoms with Crippen LogP contribution < -0.4 is 0 Å². The SMILES string of the molecule is Fc1cc(Br)c(C2=NCCC2)cc1F. The summed E-state index contributed by atoms with van der Waals surface area (Å²) in [6.07, 6.45) is 1.82. The van der Waals surface area contributed by atoms with Gasteiger partial charge in [-0.1, -0.05) is 15.9 Å². The fourth-order valence-corrected chi connectivity index (χ4v) is 2.05. The summed E-state index contributed by atoms with van der Waals surface area (Å²) >= 11 is 3.20. The molecule has 1 aliphatic rings. The molecule has 2 rings (SSSR count). The minimum Gasteiger partial charge on any atom is -0.289 e. The summed E-state index contributed by atoms with van der Waals surface area (Å²) < 4.78 is 26.3. The number of benzene rings is 1. The van der Waals surface area contributed by atoms with Crippen LogP contribution in [0.1, 0.15) is 18.4 Å². The van der Waals surface area contributed by atoms with Gasteiger partial charge in [-0.05, 0) is 25.0 Å². The molecular formula is C10H8BrF2N. The van der Waals surface area contributed by atoms with E-state index in [1.54, 1.807) is 0 Å². The van der Waals surface area contributed by atoms with Crippen molar-refractivity contribution in [3.63, 3.8) is 0 Å². The molecule has 0 spiro atoms. The summed E-state index contributed by atoms with van der Waals surface area (Å²) in [5.74, 6) is -1.66. The predicted octanol–water partition coefficient (Wildman–Crippen LogP) is 3.31. The van der Waals surface area contributed by atoms with Crippen molar-refractivity contribution in [1.82, 2.24) is 0 Å². The highest BCUT2D eigenvalue weighted by Crippen LogP contribution is 2.24. The molecule has 0 saturated heterocycles. The van der Waals surface area contributed by atoms with Gasteiger partial charge in [0.05, 0.1) is 0 Å². The van der Waals surface area contributed by atoms with E-state index >= 15 is 0 Å². The predicted molar refractivity (Wildman–Crippen MR) is 54.7 cm³/mol. The second kappa shape index (κ2) is 3.77. The maximum atomic E-state index is 13.0. The Labute approximate surface area is 89.0 Å². The molecule has 4 heteroatoms. The molecular weight excluding hydrogens is 252 g/mol. The molecule has 0 saturated carbocycles. The van der Waals surface area contributed by atoms with Gasteiger partial charge in [0, 0.05) is 22.3 Å². The molecule has 0 atom stereocenters. The van der Waals surface area contributed by atoms with E-state index in [1.165, 1.54) is 6.07 Å². The summed E-state index contributed by atoms with van der Waals surface area (Å²) in [5.41, 5.74) is 1.53. The number of rotatable bonds is 1. The minimum absolute atomic E-state index is 0.567. The molecule has 0 bridgehead atoms. The van der Waals surface area contributed by atoms with Crippen molar-refractivity contribution in [2.24, 2.45) is 4.99 Å². The molecule has 1 nitrogen and oxygen atoms in total. The van der Waals surface area contributed by atoms with Crippen molar-refractivity contribution in [3.8, 4) is 0 Å². The van der Waals surface area contributed by atoms with Gasteiger partial charge in [-0.15, -0.1) is 0 Å². The Morgan fingerprint density at radius 1 is 1.21 bits per heavy atom. The number of halogens is 3. The zero-order chi connectivity index (χ0) is 10.1. The van der Waals surface area contributed by atoms with Crippen LogP contribution in [0.25, 0.3) is 0 Å². The van der Waals surface area contributed by atoms with E-state index in [-0.39, 0.29) is 0 Å². The molecule has 0 N–H and O–H groups in total. The van der Waals surface area contributed by atoms with Crippen LogP contribution in [-0.2, 0) is 0 Å². The zero-order valence-electron chi connectivity index (χ0n) is 7.36. The molecule has 0 unspecified atom stereocenters. The number of hydrogen-bond donors (Lipinski definition) is 0. The van der Waals surface area contributed by atoms with Gasteiger partial charge in [0.1, 0.15) is 0 Å². The smallest absolute Gasteiger partial charge is 0.159 e. The maximum absolute atomic E-state index is 13.0. The first kappa shape index (κ1) is 9.77. The van der Waals surface area contributed by atoms with Crippen LogP contribution in [-0.4, -0.2) is 12.3 Å². The highest BCUT2D eigenvalue weighted by Gasteiger charge is 2.15. The van der Waals surface area contributed by atoms with E-state index in [4.69, 9.17) is 0 Å². The summed E-state index contributed by atoms with van der Waals surface area (Å²) in [5, 5.41) is 0. The van der Waals surface area contributed by atoms with Crippen molar-refractivity contribution in [2.75, 3.05) is 6.54 Å². The summed E-state index contributed by atoms with van der Waals surface area (Å²) in [4.78, 5) is 4.24. The van der Waals surface area contributed by atoms with Gasteiger partial charge >= 0.3 is 0 Å². The van der Waals surface area contributed by atoms with Gasteiger partial charge in [0.15, 0.2) is 11.6 Å². The second-order valence-corrected chi connectivity index (χ2v) is 4.03. The van der Waals surface area contributed by atoms with Crippen LogP contribution in [0.2, 0.25) is 0 Å². The van der Waals surface area contributed by atoms with E-state index in [2.05, 4.69) is 20.9 Å². The lowest BCUT2D eigenvalue weighted by Crippen LogP contribution is -2.00. The standard InChI is InChI=1S/C10H8BrF2N/c11-7-5-9(13)8(12)4-6(7)10-2-1-3-14-10/h4-5H,1-3H2. The molecule has 0 fully saturated rings.